The summed E-state index contributed by atoms with van der Waals surface area (Å²) in [5.74, 6) is 0.715. The molecule has 1 aromatic carbocycles. The molecule has 1 fully saturated rings. The molecule has 0 atom stereocenters. The van der Waals surface area contributed by atoms with Crippen LogP contribution in [0.3, 0.4) is 0 Å². The van der Waals surface area contributed by atoms with Crippen molar-refractivity contribution in [2.75, 3.05) is 19.0 Å². The highest BCUT2D eigenvalue weighted by Crippen LogP contribution is 2.21. The van der Waals surface area contributed by atoms with Gasteiger partial charge in [0, 0.05) is 5.02 Å². The Morgan fingerprint density at radius 3 is 2.88 bits per heavy atom. The van der Waals surface area contributed by atoms with Crippen molar-refractivity contribution in [1.29, 1.82) is 0 Å². The summed E-state index contributed by atoms with van der Waals surface area (Å²) in [5.41, 5.74) is 0. The summed E-state index contributed by atoms with van der Waals surface area (Å²) >= 11 is 11.3. The number of ether oxygens (including phenoxy) is 1. The van der Waals surface area contributed by atoms with Crippen molar-refractivity contribution in [2.24, 2.45) is 0 Å². The van der Waals surface area contributed by atoms with Crippen molar-refractivity contribution in [2.45, 2.75) is 6.10 Å². The first-order valence-corrected chi connectivity index (χ1v) is 5.86. The van der Waals surface area contributed by atoms with E-state index >= 15 is 0 Å². The van der Waals surface area contributed by atoms with E-state index < -0.39 is 0 Å². The molecule has 0 saturated carbocycles. The Labute approximate surface area is 104 Å². The summed E-state index contributed by atoms with van der Waals surface area (Å²) in [4.78, 5) is 12.8. The molecule has 1 heterocycles. The number of amides is 1. The van der Waals surface area contributed by atoms with Crippen LogP contribution in [0.1, 0.15) is 0 Å². The van der Waals surface area contributed by atoms with E-state index in [1.54, 1.807) is 17.0 Å². The summed E-state index contributed by atoms with van der Waals surface area (Å²) in [5, 5.41) is 0.644. The third kappa shape index (κ3) is 2.60. The molecule has 1 aromatic rings. The summed E-state index contributed by atoms with van der Waals surface area (Å²) in [7, 11) is 0. The van der Waals surface area contributed by atoms with Gasteiger partial charge >= 0.3 is 0 Å². The fourth-order valence-corrected chi connectivity index (χ4v) is 1.88. The normalized spacial score (nSPS) is 15.8. The molecule has 86 valence electrons. The molecule has 5 heteroatoms. The highest BCUT2D eigenvalue weighted by Gasteiger charge is 2.31. The Morgan fingerprint density at radius 1 is 1.50 bits per heavy atom. The lowest BCUT2D eigenvalue weighted by Gasteiger charge is -2.38. The lowest BCUT2D eigenvalue weighted by Crippen LogP contribution is -2.56. The third-order valence-electron chi connectivity index (χ3n) is 2.41. The maximum atomic E-state index is 11.2. The summed E-state index contributed by atoms with van der Waals surface area (Å²) in [6.45, 7) is 1.19. The highest BCUT2D eigenvalue weighted by molar-refractivity contribution is 6.30. The molecule has 1 saturated heterocycles. The number of halogens is 2. The average molecular weight is 260 g/mol. The van der Waals surface area contributed by atoms with E-state index in [-0.39, 0.29) is 17.9 Å². The molecule has 2 rings (SSSR count). The van der Waals surface area contributed by atoms with Gasteiger partial charge in [-0.3, -0.25) is 4.79 Å². The van der Waals surface area contributed by atoms with Gasteiger partial charge in [0.1, 0.15) is 17.7 Å². The van der Waals surface area contributed by atoms with Crippen LogP contribution >= 0.6 is 23.2 Å². The highest BCUT2D eigenvalue weighted by atomic mass is 35.5. The Morgan fingerprint density at radius 2 is 2.25 bits per heavy atom. The minimum atomic E-state index is -0.0485. The van der Waals surface area contributed by atoms with Gasteiger partial charge in [0.25, 0.3) is 0 Å². The molecular weight excluding hydrogens is 249 g/mol. The summed E-state index contributed by atoms with van der Waals surface area (Å²) in [6, 6.07) is 7.22. The van der Waals surface area contributed by atoms with Crippen LogP contribution in [0.2, 0.25) is 5.02 Å². The van der Waals surface area contributed by atoms with E-state index in [0.717, 1.165) is 5.75 Å². The van der Waals surface area contributed by atoms with E-state index in [4.69, 9.17) is 27.9 Å². The van der Waals surface area contributed by atoms with E-state index in [0.29, 0.717) is 18.1 Å². The smallest absolute Gasteiger partial charge is 0.237 e. The maximum Gasteiger partial charge on any atom is 0.237 e. The topological polar surface area (TPSA) is 29.5 Å². The van der Waals surface area contributed by atoms with E-state index in [2.05, 4.69) is 0 Å². The fourth-order valence-electron chi connectivity index (χ4n) is 1.53. The van der Waals surface area contributed by atoms with Gasteiger partial charge in [0.2, 0.25) is 5.91 Å². The van der Waals surface area contributed by atoms with Gasteiger partial charge in [0.05, 0.1) is 13.1 Å². The standard InChI is InChI=1S/C11H11Cl2NO2/c12-5-11(15)14-6-10(7-14)16-9-3-1-2-8(13)4-9/h1-4,10H,5-7H2. The van der Waals surface area contributed by atoms with E-state index in [1.807, 2.05) is 12.1 Å². The van der Waals surface area contributed by atoms with Crippen molar-refractivity contribution < 1.29 is 9.53 Å². The Balaban J connectivity index is 1.84. The molecule has 0 aromatic heterocycles. The summed E-state index contributed by atoms with van der Waals surface area (Å²) in [6.07, 6.45) is 0.0469. The molecule has 0 N–H and O–H groups in total. The second-order valence-corrected chi connectivity index (χ2v) is 4.33. The molecule has 1 aliphatic rings. The van der Waals surface area contributed by atoms with Crippen LogP contribution in [-0.4, -0.2) is 35.9 Å². The van der Waals surface area contributed by atoms with Crippen LogP contribution in [-0.2, 0) is 4.79 Å². The molecule has 0 spiro atoms. The zero-order chi connectivity index (χ0) is 11.5. The number of hydrogen-bond acceptors (Lipinski definition) is 2. The Bertz CT molecular complexity index is 391. The Kier molecular flexibility index (Phi) is 3.56. The molecule has 16 heavy (non-hydrogen) atoms. The number of carbonyl (C=O) groups excluding carboxylic acids is 1. The van der Waals surface area contributed by atoms with Gasteiger partial charge in [-0.2, -0.15) is 0 Å². The maximum absolute atomic E-state index is 11.2. The first kappa shape index (κ1) is 11.6. The minimum absolute atomic E-state index is 0.0316. The van der Waals surface area contributed by atoms with Crippen LogP contribution in [0, 0.1) is 0 Å². The zero-order valence-electron chi connectivity index (χ0n) is 8.53. The lowest BCUT2D eigenvalue weighted by molar-refractivity contribution is -0.137. The summed E-state index contributed by atoms with van der Waals surface area (Å²) < 4.78 is 5.63. The van der Waals surface area contributed by atoms with Crippen molar-refractivity contribution in [1.82, 2.24) is 4.90 Å². The number of likely N-dealkylation sites (tertiary alicyclic amines) is 1. The largest absolute Gasteiger partial charge is 0.487 e. The van der Waals surface area contributed by atoms with E-state index in [1.165, 1.54) is 0 Å². The lowest BCUT2D eigenvalue weighted by atomic mass is 10.1. The van der Waals surface area contributed by atoms with Crippen LogP contribution in [0.15, 0.2) is 24.3 Å². The second kappa shape index (κ2) is 4.93. The predicted molar refractivity (Wildman–Crippen MR) is 63.2 cm³/mol. The monoisotopic (exact) mass is 259 g/mol. The van der Waals surface area contributed by atoms with Gasteiger partial charge in [0.15, 0.2) is 0 Å². The molecular formula is C11H11Cl2NO2. The second-order valence-electron chi connectivity index (χ2n) is 3.63. The zero-order valence-corrected chi connectivity index (χ0v) is 10.0. The third-order valence-corrected chi connectivity index (χ3v) is 2.88. The van der Waals surface area contributed by atoms with Crippen LogP contribution in [0.4, 0.5) is 0 Å². The number of nitrogens with zero attached hydrogens (tertiary/aromatic N) is 1. The van der Waals surface area contributed by atoms with Gasteiger partial charge in [-0.1, -0.05) is 17.7 Å². The predicted octanol–water partition coefficient (Wildman–Crippen LogP) is 2.17. The number of alkyl halides is 1. The number of benzene rings is 1. The van der Waals surface area contributed by atoms with Gasteiger partial charge in [-0.25, -0.2) is 0 Å². The van der Waals surface area contributed by atoms with Crippen molar-refractivity contribution >= 4 is 29.1 Å². The van der Waals surface area contributed by atoms with Gasteiger partial charge in [-0.15, -0.1) is 11.6 Å². The molecule has 1 amide bonds. The van der Waals surface area contributed by atoms with Crippen molar-refractivity contribution in [3.8, 4) is 5.75 Å². The Hall–Kier alpha value is -0.930. The van der Waals surface area contributed by atoms with Crippen LogP contribution in [0.5, 0.6) is 5.75 Å². The molecule has 0 aliphatic carbocycles. The molecule has 0 bridgehead atoms. The van der Waals surface area contributed by atoms with Gasteiger partial charge < -0.3 is 9.64 Å². The average Bonchev–Trinajstić information content (AvgIpc) is 2.22. The van der Waals surface area contributed by atoms with Gasteiger partial charge in [-0.05, 0) is 18.2 Å². The quantitative estimate of drug-likeness (QED) is 0.779. The van der Waals surface area contributed by atoms with Crippen LogP contribution in [0.25, 0.3) is 0 Å². The van der Waals surface area contributed by atoms with Crippen LogP contribution < -0.4 is 4.74 Å². The number of hydrogen-bond donors (Lipinski definition) is 0. The first-order valence-electron chi connectivity index (χ1n) is 4.95. The van der Waals surface area contributed by atoms with E-state index in [9.17, 15) is 4.79 Å². The first-order chi connectivity index (χ1) is 7.69. The minimum Gasteiger partial charge on any atom is -0.487 e. The van der Waals surface area contributed by atoms with Crippen molar-refractivity contribution in [3.05, 3.63) is 29.3 Å². The number of carbonyl (C=O) groups is 1. The molecule has 0 radical (unpaired) electrons. The molecule has 3 nitrogen and oxygen atoms in total. The number of rotatable bonds is 3. The SMILES string of the molecule is O=C(CCl)N1CC(Oc2cccc(Cl)c2)C1. The van der Waals surface area contributed by atoms with Crippen molar-refractivity contribution in [3.63, 3.8) is 0 Å². The molecule has 0 unspecified atom stereocenters. The fraction of sp³-hybridized carbons (Fsp3) is 0.364. The molecule has 1 aliphatic heterocycles.